The molecule has 0 saturated carbocycles. The van der Waals surface area contributed by atoms with Gasteiger partial charge in [-0.2, -0.15) is 5.10 Å². The van der Waals surface area contributed by atoms with Gasteiger partial charge < -0.3 is 10.6 Å². The third-order valence-corrected chi connectivity index (χ3v) is 5.42. The Balaban J connectivity index is 1.54. The number of amides is 1. The maximum absolute atomic E-state index is 13.1. The number of rotatable bonds is 4. The summed E-state index contributed by atoms with van der Waals surface area (Å²) in [4.78, 5) is 13.1. The summed E-state index contributed by atoms with van der Waals surface area (Å²) in [6.07, 6.45) is 3.77. The molecule has 0 unspecified atom stereocenters. The second kappa shape index (κ2) is 7.95. The SMILES string of the molecule is Cc1ccc(NC(=O)c2cnn3c2NC(c2ccccc2)=C[C@H]3c2ccccc2)cc1. The lowest BCUT2D eigenvalue weighted by molar-refractivity contribution is 0.102. The van der Waals surface area contributed by atoms with E-state index in [-0.39, 0.29) is 11.9 Å². The third-order valence-electron chi connectivity index (χ3n) is 5.42. The molecule has 5 heteroatoms. The number of benzene rings is 3. The lowest BCUT2D eigenvalue weighted by atomic mass is 10.0. The van der Waals surface area contributed by atoms with Crippen LogP contribution in [0.3, 0.4) is 0 Å². The van der Waals surface area contributed by atoms with Crippen molar-refractivity contribution in [3.63, 3.8) is 0 Å². The van der Waals surface area contributed by atoms with E-state index >= 15 is 0 Å². The molecule has 5 rings (SSSR count). The second-order valence-electron chi connectivity index (χ2n) is 7.60. The third kappa shape index (κ3) is 3.73. The van der Waals surface area contributed by atoms with E-state index in [0.29, 0.717) is 11.4 Å². The first-order chi connectivity index (χ1) is 15.2. The van der Waals surface area contributed by atoms with E-state index in [1.165, 1.54) is 0 Å². The summed E-state index contributed by atoms with van der Waals surface area (Å²) in [6, 6.07) is 27.9. The Kier molecular flexibility index (Phi) is 4.84. The molecule has 1 aliphatic rings. The Morgan fingerprint density at radius 2 is 1.61 bits per heavy atom. The standard InChI is InChI=1S/C26H22N4O/c1-18-12-14-21(15-13-18)28-26(31)22-17-27-30-24(20-10-6-3-7-11-20)16-23(29-25(22)30)19-8-4-2-5-9-19/h2-17,24,29H,1H3,(H,28,31)/t24-/m0/s1. The van der Waals surface area contributed by atoms with Gasteiger partial charge in [0, 0.05) is 11.4 Å². The van der Waals surface area contributed by atoms with Crippen LogP contribution in [0.2, 0.25) is 0 Å². The van der Waals surface area contributed by atoms with Gasteiger partial charge in [-0.15, -0.1) is 0 Å². The summed E-state index contributed by atoms with van der Waals surface area (Å²) in [5, 5.41) is 11.0. The van der Waals surface area contributed by atoms with Crippen molar-refractivity contribution in [2.45, 2.75) is 13.0 Å². The molecule has 1 aliphatic heterocycles. The normalized spacial score (nSPS) is 14.9. The Labute approximate surface area is 181 Å². The van der Waals surface area contributed by atoms with Crippen molar-refractivity contribution in [3.05, 3.63) is 119 Å². The van der Waals surface area contributed by atoms with Crippen LogP contribution in [-0.4, -0.2) is 15.7 Å². The van der Waals surface area contributed by atoms with Gasteiger partial charge >= 0.3 is 0 Å². The predicted octanol–water partition coefficient (Wildman–Crippen LogP) is 5.50. The van der Waals surface area contributed by atoms with E-state index < -0.39 is 0 Å². The molecule has 1 atom stereocenters. The fourth-order valence-electron chi connectivity index (χ4n) is 3.77. The zero-order chi connectivity index (χ0) is 21.2. The summed E-state index contributed by atoms with van der Waals surface area (Å²) in [6.45, 7) is 2.02. The highest BCUT2D eigenvalue weighted by Crippen LogP contribution is 2.35. The van der Waals surface area contributed by atoms with Gasteiger partial charge in [0.2, 0.25) is 0 Å². The Hall–Kier alpha value is -4.12. The average Bonchev–Trinajstić information content (AvgIpc) is 3.25. The summed E-state index contributed by atoms with van der Waals surface area (Å²) in [7, 11) is 0. The zero-order valence-corrected chi connectivity index (χ0v) is 17.1. The zero-order valence-electron chi connectivity index (χ0n) is 17.1. The molecule has 3 aromatic carbocycles. The first-order valence-corrected chi connectivity index (χ1v) is 10.2. The minimum absolute atomic E-state index is 0.117. The largest absolute Gasteiger partial charge is 0.339 e. The molecule has 1 amide bonds. The van der Waals surface area contributed by atoms with Crippen LogP contribution in [0.1, 0.15) is 33.1 Å². The number of hydrogen-bond acceptors (Lipinski definition) is 3. The maximum atomic E-state index is 13.1. The van der Waals surface area contributed by atoms with Gasteiger partial charge in [-0.05, 0) is 36.3 Å². The molecule has 0 aliphatic carbocycles. The minimum Gasteiger partial charge on any atom is -0.339 e. The summed E-state index contributed by atoms with van der Waals surface area (Å²) >= 11 is 0. The Bertz CT molecular complexity index is 1240. The molecule has 2 heterocycles. The lowest BCUT2D eigenvalue weighted by Crippen LogP contribution is -2.22. The number of aryl methyl sites for hydroxylation is 1. The van der Waals surface area contributed by atoms with Crippen LogP contribution >= 0.6 is 0 Å². The van der Waals surface area contributed by atoms with Gasteiger partial charge in [0.15, 0.2) is 0 Å². The molecule has 0 bridgehead atoms. The van der Waals surface area contributed by atoms with Crippen molar-refractivity contribution >= 4 is 23.1 Å². The van der Waals surface area contributed by atoms with Crippen LogP contribution in [0.25, 0.3) is 5.70 Å². The van der Waals surface area contributed by atoms with Crippen molar-refractivity contribution in [1.29, 1.82) is 0 Å². The number of hydrogen-bond donors (Lipinski definition) is 2. The van der Waals surface area contributed by atoms with E-state index in [0.717, 1.165) is 28.1 Å². The molecule has 0 spiro atoms. The molecule has 0 saturated heterocycles. The van der Waals surface area contributed by atoms with Crippen molar-refractivity contribution in [2.75, 3.05) is 10.6 Å². The number of allylic oxidation sites excluding steroid dienone is 1. The number of aromatic nitrogens is 2. The Morgan fingerprint density at radius 3 is 2.32 bits per heavy atom. The van der Waals surface area contributed by atoms with E-state index in [1.807, 2.05) is 72.3 Å². The molecular formula is C26H22N4O. The number of anilines is 2. The quantitative estimate of drug-likeness (QED) is 0.470. The van der Waals surface area contributed by atoms with Crippen LogP contribution in [0, 0.1) is 6.92 Å². The van der Waals surface area contributed by atoms with Gasteiger partial charge in [-0.1, -0.05) is 78.4 Å². The number of carbonyl (C=O) groups is 1. The fraction of sp³-hybridized carbons (Fsp3) is 0.0769. The predicted molar refractivity (Wildman–Crippen MR) is 124 cm³/mol. The molecule has 1 aromatic heterocycles. The van der Waals surface area contributed by atoms with E-state index in [4.69, 9.17) is 0 Å². The summed E-state index contributed by atoms with van der Waals surface area (Å²) < 4.78 is 1.87. The highest BCUT2D eigenvalue weighted by Gasteiger charge is 2.27. The highest BCUT2D eigenvalue weighted by atomic mass is 16.1. The van der Waals surface area contributed by atoms with Crippen molar-refractivity contribution in [1.82, 2.24) is 9.78 Å². The van der Waals surface area contributed by atoms with E-state index in [1.54, 1.807) is 6.20 Å². The highest BCUT2D eigenvalue weighted by molar-refractivity contribution is 6.08. The fourth-order valence-corrected chi connectivity index (χ4v) is 3.77. The first-order valence-electron chi connectivity index (χ1n) is 10.2. The first kappa shape index (κ1) is 18.9. The van der Waals surface area contributed by atoms with Crippen molar-refractivity contribution in [3.8, 4) is 0 Å². The topological polar surface area (TPSA) is 59.0 Å². The molecular weight excluding hydrogens is 384 g/mol. The molecule has 152 valence electrons. The maximum Gasteiger partial charge on any atom is 0.261 e. The van der Waals surface area contributed by atoms with Gasteiger partial charge in [-0.3, -0.25) is 4.79 Å². The summed E-state index contributed by atoms with van der Waals surface area (Å²) in [5.41, 5.74) is 5.51. The van der Waals surface area contributed by atoms with Gasteiger partial charge in [0.05, 0.1) is 12.2 Å². The second-order valence-corrected chi connectivity index (χ2v) is 7.60. The van der Waals surface area contributed by atoms with Crippen molar-refractivity contribution < 1.29 is 4.79 Å². The van der Waals surface area contributed by atoms with Crippen LogP contribution in [0.15, 0.2) is 97.2 Å². The van der Waals surface area contributed by atoms with E-state index in [9.17, 15) is 4.79 Å². The minimum atomic E-state index is -0.196. The Morgan fingerprint density at radius 1 is 0.935 bits per heavy atom. The number of nitrogens with one attached hydrogen (secondary N) is 2. The van der Waals surface area contributed by atoms with Crippen LogP contribution in [0.5, 0.6) is 0 Å². The smallest absolute Gasteiger partial charge is 0.261 e. The van der Waals surface area contributed by atoms with Gasteiger partial charge in [0.25, 0.3) is 5.91 Å². The molecule has 31 heavy (non-hydrogen) atoms. The molecule has 2 N–H and O–H groups in total. The van der Waals surface area contributed by atoms with Crippen LogP contribution in [0.4, 0.5) is 11.5 Å². The molecule has 0 radical (unpaired) electrons. The summed E-state index contributed by atoms with van der Waals surface area (Å²) in [5.74, 6) is 0.485. The number of carbonyl (C=O) groups excluding carboxylic acids is 1. The van der Waals surface area contributed by atoms with Crippen molar-refractivity contribution in [2.24, 2.45) is 0 Å². The molecule has 5 nitrogen and oxygen atoms in total. The van der Waals surface area contributed by atoms with Crippen LogP contribution < -0.4 is 10.6 Å². The monoisotopic (exact) mass is 406 g/mol. The van der Waals surface area contributed by atoms with Crippen LogP contribution in [-0.2, 0) is 0 Å². The lowest BCUT2D eigenvalue weighted by Gasteiger charge is -2.26. The van der Waals surface area contributed by atoms with Gasteiger partial charge in [-0.25, -0.2) is 4.68 Å². The number of fused-ring (bicyclic) bond motifs is 1. The molecule has 0 fully saturated rings. The average molecular weight is 406 g/mol. The molecule has 4 aromatic rings. The van der Waals surface area contributed by atoms with E-state index in [2.05, 4.69) is 46.1 Å². The van der Waals surface area contributed by atoms with Gasteiger partial charge in [0.1, 0.15) is 11.4 Å². The number of nitrogens with zero attached hydrogens (tertiary/aromatic N) is 2.